The highest BCUT2D eigenvalue weighted by atomic mass is 16.3. The maximum Gasteiger partial charge on any atom is 0.251 e. The highest BCUT2D eigenvalue weighted by Gasteiger charge is 2.29. The SMILES string of the molecule is Nc1ccc(=O)n(CC(=O)NCC2(O)CCCCC2)c1. The van der Waals surface area contributed by atoms with Crippen molar-refractivity contribution in [1.82, 2.24) is 9.88 Å². The molecule has 6 heteroatoms. The second-order valence-corrected chi connectivity index (χ2v) is 5.49. The number of amides is 1. The van der Waals surface area contributed by atoms with E-state index in [2.05, 4.69) is 5.32 Å². The summed E-state index contributed by atoms with van der Waals surface area (Å²) in [5.74, 6) is -0.295. The molecule has 0 radical (unpaired) electrons. The van der Waals surface area contributed by atoms with E-state index in [0.717, 1.165) is 19.3 Å². The van der Waals surface area contributed by atoms with E-state index < -0.39 is 5.60 Å². The molecule has 4 N–H and O–H groups in total. The molecule has 1 fully saturated rings. The number of nitrogens with zero attached hydrogens (tertiary/aromatic N) is 1. The van der Waals surface area contributed by atoms with E-state index in [1.165, 1.54) is 22.9 Å². The van der Waals surface area contributed by atoms with E-state index in [9.17, 15) is 14.7 Å². The smallest absolute Gasteiger partial charge is 0.251 e. The fourth-order valence-corrected chi connectivity index (χ4v) is 2.53. The highest BCUT2D eigenvalue weighted by molar-refractivity contribution is 5.75. The predicted octanol–water partition coefficient (Wildman–Crippen LogP) is 0.242. The van der Waals surface area contributed by atoms with Gasteiger partial charge in [-0.1, -0.05) is 19.3 Å². The fraction of sp³-hybridized carbons (Fsp3) is 0.571. The van der Waals surface area contributed by atoms with Gasteiger partial charge in [-0.2, -0.15) is 0 Å². The molecular weight excluding hydrogens is 258 g/mol. The average molecular weight is 279 g/mol. The molecule has 110 valence electrons. The van der Waals surface area contributed by atoms with Crippen molar-refractivity contribution in [2.45, 2.75) is 44.2 Å². The van der Waals surface area contributed by atoms with Crippen molar-refractivity contribution in [3.8, 4) is 0 Å². The molecule has 1 aromatic heterocycles. The van der Waals surface area contributed by atoms with Gasteiger partial charge in [0, 0.05) is 24.5 Å². The Balaban J connectivity index is 1.89. The molecule has 1 amide bonds. The van der Waals surface area contributed by atoms with Crippen molar-refractivity contribution in [3.63, 3.8) is 0 Å². The number of nitrogens with one attached hydrogen (secondary N) is 1. The third-order valence-corrected chi connectivity index (χ3v) is 3.72. The molecule has 0 unspecified atom stereocenters. The molecule has 1 aliphatic rings. The summed E-state index contributed by atoms with van der Waals surface area (Å²) >= 11 is 0. The topological polar surface area (TPSA) is 97.4 Å². The zero-order chi connectivity index (χ0) is 14.6. The van der Waals surface area contributed by atoms with E-state index in [0.29, 0.717) is 18.5 Å². The summed E-state index contributed by atoms with van der Waals surface area (Å²) in [6.45, 7) is 0.156. The Morgan fingerprint density at radius 3 is 2.75 bits per heavy atom. The number of carbonyl (C=O) groups excluding carboxylic acids is 1. The first-order valence-electron chi connectivity index (χ1n) is 6.94. The van der Waals surface area contributed by atoms with Crippen LogP contribution in [-0.2, 0) is 11.3 Å². The van der Waals surface area contributed by atoms with Crippen molar-refractivity contribution in [2.75, 3.05) is 12.3 Å². The molecule has 1 aliphatic carbocycles. The molecule has 0 saturated heterocycles. The molecule has 20 heavy (non-hydrogen) atoms. The van der Waals surface area contributed by atoms with Crippen LogP contribution in [0.2, 0.25) is 0 Å². The van der Waals surface area contributed by atoms with Gasteiger partial charge in [-0.05, 0) is 18.9 Å². The van der Waals surface area contributed by atoms with E-state index in [1.54, 1.807) is 0 Å². The van der Waals surface area contributed by atoms with Gasteiger partial charge in [-0.25, -0.2) is 0 Å². The molecule has 0 spiro atoms. The van der Waals surface area contributed by atoms with Crippen molar-refractivity contribution >= 4 is 11.6 Å². The van der Waals surface area contributed by atoms with Crippen LogP contribution in [0.5, 0.6) is 0 Å². The molecule has 6 nitrogen and oxygen atoms in total. The summed E-state index contributed by atoms with van der Waals surface area (Å²) in [5, 5.41) is 13.0. The van der Waals surface area contributed by atoms with Gasteiger partial charge < -0.3 is 20.7 Å². The minimum Gasteiger partial charge on any atom is -0.398 e. The fourth-order valence-electron chi connectivity index (χ4n) is 2.53. The number of anilines is 1. The maximum atomic E-state index is 11.8. The molecule has 2 rings (SSSR count). The Bertz CT molecular complexity index is 533. The number of nitrogens with two attached hydrogens (primary N) is 1. The summed E-state index contributed by atoms with van der Waals surface area (Å²) in [4.78, 5) is 23.4. The first-order valence-corrected chi connectivity index (χ1v) is 6.94. The first kappa shape index (κ1) is 14.6. The van der Waals surface area contributed by atoms with Gasteiger partial charge in [0.15, 0.2) is 0 Å². The normalized spacial score (nSPS) is 17.6. The van der Waals surface area contributed by atoms with Crippen LogP contribution in [0.1, 0.15) is 32.1 Å². The zero-order valence-corrected chi connectivity index (χ0v) is 11.5. The van der Waals surface area contributed by atoms with E-state index in [1.807, 2.05) is 0 Å². The van der Waals surface area contributed by atoms with Gasteiger partial charge in [0.05, 0.1) is 5.60 Å². The summed E-state index contributed by atoms with van der Waals surface area (Å²) in [6.07, 6.45) is 5.98. The second-order valence-electron chi connectivity index (χ2n) is 5.49. The lowest BCUT2D eigenvalue weighted by molar-refractivity contribution is -0.123. The van der Waals surface area contributed by atoms with Gasteiger partial charge in [0.25, 0.3) is 5.56 Å². The highest BCUT2D eigenvalue weighted by Crippen LogP contribution is 2.27. The standard InChI is InChI=1S/C14H21N3O3/c15-11-4-5-13(19)17(8-11)9-12(18)16-10-14(20)6-2-1-3-7-14/h4-5,8,20H,1-3,6-7,9-10,15H2,(H,16,18). The summed E-state index contributed by atoms with van der Waals surface area (Å²) in [6, 6.07) is 2.83. The summed E-state index contributed by atoms with van der Waals surface area (Å²) < 4.78 is 1.26. The van der Waals surface area contributed by atoms with Crippen LogP contribution in [0.3, 0.4) is 0 Å². The van der Waals surface area contributed by atoms with Crippen LogP contribution >= 0.6 is 0 Å². The molecule has 1 saturated carbocycles. The Hall–Kier alpha value is -1.82. The molecule has 0 aromatic carbocycles. The quantitative estimate of drug-likeness (QED) is 0.735. The Labute approximate surface area is 117 Å². The lowest BCUT2D eigenvalue weighted by Crippen LogP contribution is -2.45. The monoisotopic (exact) mass is 279 g/mol. The maximum absolute atomic E-state index is 11.8. The number of aromatic nitrogens is 1. The third kappa shape index (κ3) is 3.84. The second kappa shape index (κ2) is 6.09. The van der Waals surface area contributed by atoms with Crippen molar-refractivity contribution in [2.24, 2.45) is 0 Å². The van der Waals surface area contributed by atoms with Crippen molar-refractivity contribution in [1.29, 1.82) is 0 Å². The van der Waals surface area contributed by atoms with E-state index in [4.69, 9.17) is 5.73 Å². The van der Waals surface area contributed by atoms with Crippen LogP contribution in [0, 0.1) is 0 Å². The van der Waals surface area contributed by atoms with Gasteiger partial charge in [-0.15, -0.1) is 0 Å². The third-order valence-electron chi connectivity index (χ3n) is 3.72. The first-order chi connectivity index (χ1) is 9.48. The van der Waals surface area contributed by atoms with Crippen LogP contribution in [0.15, 0.2) is 23.1 Å². The number of carbonyl (C=O) groups is 1. The molecular formula is C14H21N3O3. The van der Waals surface area contributed by atoms with Crippen LogP contribution in [0.25, 0.3) is 0 Å². The van der Waals surface area contributed by atoms with Crippen molar-refractivity contribution < 1.29 is 9.90 Å². The molecule has 0 bridgehead atoms. The van der Waals surface area contributed by atoms with Crippen molar-refractivity contribution in [3.05, 3.63) is 28.7 Å². The minimum absolute atomic E-state index is 0.0834. The lowest BCUT2D eigenvalue weighted by Gasteiger charge is -2.32. The summed E-state index contributed by atoms with van der Waals surface area (Å²) in [7, 11) is 0. The predicted molar refractivity (Wildman–Crippen MR) is 76.2 cm³/mol. The molecule has 1 aromatic rings. The number of aliphatic hydroxyl groups is 1. The minimum atomic E-state index is -0.797. The lowest BCUT2D eigenvalue weighted by atomic mass is 9.85. The Morgan fingerprint density at radius 2 is 2.05 bits per heavy atom. The molecule has 0 atom stereocenters. The number of nitrogen functional groups attached to an aromatic ring is 1. The molecule has 1 heterocycles. The number of hydrogen-bond acceptors (Lipinski definition) is 4. The van der Waals surface area contributed by atoms with Gasteiger partial charge in [0.2, 0.25) is 5.91 Å². The number of hydrogen-bond donors (Lipinski definition) is 3. The van der Waals surface area contributed by atoms with Crippen LogP contribution in [-0.4, -0.2) is 27.7 Å². The average Bonchev–Trinajstić information content (AvgIpc) is 2.42. The summed E-state index contributed by atoms with van der Waals surface area (Å²) in [5.41, 5.74) is 4.95. The van der Waals surface area contributed by atoms with Gasteiger partial charge >= 0.3 is 0 Å². The largest absolute Gasteiger partial charge is 0.398 e. The number of rotatable bonds is 4. The Kier molecular flexibility index (Phi) is 4.44. The van der Waals surface area contributed by atoms with E-state index in [-0.39, 0.29) is 24.6 Å². The molecule has 0 aliphatic heterocycles. The van der Waals surface area contributed by atoms with Crippen LogP contribution < -0.4 is 16.6 Å². The van der Waals surface area contributed by atoms with E-state index >= 15 is 0 Å². The van der Waals surface area contributed by atoms with Gasteiger partial charge in [-0.3, -0.25) is 9.59 Å². The number of pyridine rings is 1. The van der Waals surface area contributed by atoms with Gasteiger partial charge in [0.1, 0.15) is 6.54 Å². The Morgan fingerprint density at radius 1 is 1.35 bits per heavy atom. The van der Waals surface area contributed by atoms with Crippen LogP contribution in [0.4, 0.5) is 5.69 Å². The zero-order valence-electron chi connectivity index (χ0n) is 11.5.